The van der Waals surface area contributed by atoms with Crippen molar-refractivity contribution in [3.05, 3.63) is 24.0 Å². The average molecular weight is 325 g/mol. The molecule has 1 aliphatic heterocycles. The summed E-state index contributed by atoms with van der Waals surface area (Å²) in [5.74, 6) is 0.299. The van der Waals surface area contributed by atoms with Crippen molar-refractivity contribution in [3.63, 3.8) is 0 Å². The number of unbranched alkanes of at least 4 members (excludes halogenated alkanes) is 1. The number of pyridine rings is 1. The Balaban J connectivity index is 1.94. The Kier molecular flexibility index (Phi) is 5.39. The SMILES string of the molecule is CCCCN(C)C(=O)c1ccc(NC2CCS(=O)(=O)C2)cn1. The van der Waals surface area contributed by atoms with E-state index in [1.807, 2.05) is 0 Å². The molecule has 1 amide bonds. The molecule has 1 N–H and O–H groups in total. The van der Waals surface area contributed by atoms with E-state index in [9.17, 15) is 13.2 Å². The predicted molar refractivity (Wildman–Crippen MR) is 86.8 cm³/mol. The van der Waals surface area contributed by atoms with Crippen molar-refractivity contribution in [2.24, 2.45) is 0 Å². The first kappa shape index (κ1) is 16.7. The minimum atomic E-state index is -2.90. The molecule has 1 atom stereocenters. The lowest BCUT2D eigenvalue weighted by Crippen LogP contribution is -2.28. The summed E-state index contributed by atoms with van der Waals surface area (Å²) in [4.78, 5) is 18.0. The van der Waals surface area contributed by atoms with Crippen LogP contribution in [0.4, 0.5) is 5.69 Å². The zero-order valence-electron chi connectivity index (χ0n) is 13.1. The number of anilines is 1. The quantitative estimate of drug-likeness (QED) is 0.858. The van der Waals surface area contributed by atoms with E-state index >= 15 is 0 Å². The zero-order chi connectivity index (χ0) is 16.2. The van der Waals surface area contributed by atoms with Gasteiger partial charge in [-0.1, -0.05) is 13.3 Å². The van der Waals surface area contributed by atoms with Crippen molar-refractivity contribution in [1.29, 1.82) is 0 Å². The number of nitrogens with zero attached hydrogens (tertiary/aromatic N) is 2. The number of aromatic nitrogens is 1. The molecule has 1 aromatic rings. The molecule has 0 radical (unpaired) electrons. The zero-order valence-corrected chi connectivity index (χ0v) is 13.9. The fraction of sp³-hybridized carbons (Fsp3) is 0.600. The number of carbonyl (C=O) groups is 1. The van der Waals surface area contributed by atoms with Gasteiger partial charge in [0.2, 0.25) is 0 Å². The average Bonchev–Trinajstić information content (AvgIpc) is 2.83. The summed E-state index contributed by atoms with van der Waals surface area (Å²) in [7, 11) is -1.13. The van der Waals surface area contributed by atoms with Crippen molar-refractivity contribution in [2.75, 3.05) is 30.4 Å². The van der Waals surface area contributed by atoms with Gasteiger partial charge in [-0.05, 0) is 25.0 Å². The van der Waals surface area contributed by atoms with E-state index in [2.05, 4.69) is 17.2 Å². The molecule has 122 valence electrons. The van der Waals surface area contributed by atoms with E-state index in [4.69, 9.17) is 0 Å². The van der Waals surface area contributed by atoms with E-state index in [-0.39, 0.29) is 23.5 Å². The summed E-state index contributed by atoms with van der Waals surface area (Å²) in [5, 5.41) is 3.16. The van der Waals surface area contributed by atoms with Gasteiger partial charge in [0.15, 0.2) is 9.84 Å². The molecule has 0 bridgehead atoms. The lowest BCUT2D eigenvalue weighted by Gasteiger charge is -2.17. The summed E-state index contributed by atoms with van der Waals surface area (Å²) in [5.41, 5.74) is 1.15. The minimum absolute atomic E-state index is 0.0689. The second-order valence-electron chi connectivity index (χ2n) is 5.76. The Hall–Kier alpha value is -1.63. The molecule has 1 unspecified atom stereocenters. The van der Waals surface area contributed by atoms with E-state index in [1.165, 1.54) is 0 Å². The molecule has 22 heavy (non-hydrogen) atoms. The summed E-state index contributed by atoms with van der Waals surface area (Å²) in [6, 6.07) is 3.38. The molecule has 1 aromatic heterocycles. The molecule has 1 fully saturated rings. The van der Waals surface area contributed by atoms with E-state index in [0.29, 0.717) is 12.1 Å². The number of sulfone groups is 1. The molecule has 7 heteroatoms. The molecule has 1 saturated heterocycles. The molecule has 2 rings (SSSR count). The third-order valence-corrected chi connectivity index (χ3v) is 5.55. The van der Waals surface area contributed by atoms with Crippen LogP contribution in [0, 0.1) is 0 Å². The van der Waals surface area contributed by atoms with Crippen molar-refractivity contribution < 1.29 is 13.2 Å². The van der Waals surface area contributed by atoms with E-state index in [0.717, 1.165) is 25.1 Å². The highest BCUT2D eigenvalue weighted by Crippen LogP contribution is 2.17. The van der Waals surface area contributed by atoms with Crippen LogP contribution in [0.1, 0.15) is 36.7 Å². The van der Waals surface area contributed by atoms with Crippen LogP contribution >= 0.6 is 0 Å². The fourth-order valence-electron chi connectivity index (χ4n) is 2.44. The highest BCUT2D eigenvalue weighted by Gasteiger charge is 2.27. The van der Waals surface area contributed by atoms with E-state index < -0.39 is 9.84 Å². The highest BCUT2D eigenvalue weighted by molar-refractivity contribution is 7.91. The van der Waals surface area contributed by atoms with Gasteiger partial charge in [0, 0.05) is 19.6 Å². The second-order valence-corrected chi connectivity index (χ2v) is 7.99. The summed E-state index contributed by atoms with van der Waals surface area (Å²) < 4.78 is 22.9. The van der Waals surface area contributed by atoms with Gasteiger partial charge >= 0.3 is 0 Å². The maximum Gasteiger partial charge on any atom is 0.272 e. The molecule has 0 spiro atoms. The standard InChI is InChI=1S/C15H23N3O3S/c1-3-4-8-18(2)15(19)14-6-5-12(10-16-14)17-13-7-9-22(20,21)11-13/h5-6,10,13,17H,3-4,7-9,11H2,1-2H3. The second kappa shape index (κ2) is 7.09. The number of carbonyl (C=O) groups excluding carboxylic acids is 1. The number of nitrogens with one attached hydrogen (secondary N) is 1. The third kappa shape index (κ3) is 4.43. The first-order valence-corrected chi connectivity index (χ1v) is 9.42. The Morgan fingerprint density at radius 2 is 2.23 bits per heavy atom. The van der Waals surface area contributed by atoms with Gasteiger partial charge in [-0.3, -0.25) is 4.79 Å². The van der Waals surface area contributed by atoms with Crippen LogP contribution in [0.25, 0.3) is 0 Å². The number of amides is 1. The normalized spacial score (nSPS) is 19.8. The van der Waals surface area contributed by atoms with Gasteiger partial charge in [-0.15, -0.1) is 0 Å². The van der Waals surface area contributed by atoms with Crippen molar-refractivity contribution in [2.45, 2.75) is 32.2 Å². The van der Waals surface area contributed by atoms with Crippen LogP contribution in [0.5, 0.6) is 0 Å². The van der Waals surface area contributed by atoms with Crippen molar-refractivity contribution in [1.82, 2.24) is 9.88 Å². The van der Waals surface area contributed by atoms with Crippen LogP contribution in [-0.4, -0.2) is 55.3 Å². The summed E-state index contributed by atoms with van der Waals surface area (Å²) in [6.45, 7) is 2.80. The van der Waals surface area contributed by atoms with Gasteiger partial charge in [0.05, 0.1) is 23.4 Å². The molecule has 0 aromatic carbocycles. The minimum Gasteiger partial charge on any atom is -0.380 e. The molecule has 0 saturated carbocycles. The van der Waals surface area contributed by atoms with Gasteiger partial charge < -0.3 is 10.2 Å². The number of hydrogen-bond acceptors (Lipinski definition) is 5. The molecular weight excluding hydrogens is 302 g/mol. The van der Waals surface area contributed by atoms with Gasteiger partial charge in [-0.25, -0.2) is 13.4 Å². The molecule has 2 heterocycles. The first-order valence-electron chi connectivity index (χ1n) is 7.60. The Morgan fingerprint density at radius 3 is 2.77 bits per heavy atom. The summed E-state index contributed by atoms with van der Waals surface area (Å²) >= 11 is 0. The van der Waals surface area contributed by atoms with Crippen molar-refractivity contribution >= 4 is 21.4 Å². The lowest BCUT2D eigenvalue weighted by atomic mass is 10.2. The Bertz CT molecular complexity index is 613. The van der Waals surface area contributed by atoms with Crippen LogP contribution in [0.15, 0.2) is 18.3 Å². The van der Waals surface area contributed by atoms with Crippen LogP contribution in [0.3, 0.4) is 0 Å². The van der Waals surface area contributed by atoms with E-state index in [1.54, 1.807) is 30.3 Å². The topological polar surface area (TPSA) is 79.4 Å². The number of hydrogen-bond donors (Lipinski definition) is 1. The Morgan fingerprint density at radius 1 is 1.45 bits per heavy atom. The maximum atomic E-state index is 12.2. The molecule has 0 aliphatic carbocycles. The summed E-state index contributed by atoms with van der Waals surface area (Å²) in [6.07, 6.45) is 4.21. The lowest BCUT2D eigenvalue weighted by molar-refractivity contribution is 0.0787. The van der Waals surface area contributed by atoms with Crippen molar-refractivity contribution in [3.8, 4) is 0 Å². The van der Waals surface area contributed by atoms with Gasteiger partial charge in [-0.2, -0.15) is 0 Å². The van der Waals surface area contributed by atoms with Gasteiger partial charge in [0.1, 0.15) is 5.69 Å². The third-order valence-electron chi connectivity index (χ3n) is 3.78. The monoisotopic (exact) mass is 325 g/mol. The smallest absolute Gasteiger partial charge is 0.272 e. The highest BCUT2D eigenvalue weighted by atomic mass is 32.2. The molecule has 1 aliphatic rings. The van der Waals surface area contributed by atoms with Gasteiger partial charge in [0.25, 0.3) is 5.91 Å². The predicted octanol–water partition coefficient (Wildman–Crippen LogP) is 1.55. The molecule has 6 nitrogen and oxygen atoms in total. The van der Waals surface area contributed by atoms with Crippen LogP contribution < -0.4 is 5.32 Å². The first-order chi connectivity index (χ1) is 10.4. The maximum absolute atomic E-state index is 12.2. The van der Waals surface area contributed by atoms with Crippen LogP contribution in [0.2, 0.25) is 0 Å². The van der Waals surface area contributed by atoms with Crippen LogP contribution in [-0.2, 0) is 9.84 Å². The Labute approximate surface area is 131 Å². The largest absolute Gasteiger partial charge is 0.380 e. The number of rotatable bonds is 6. The molecular formula is C15H23N3O3S. The fourth-order valence-corrected chi connectivity index (χ4v) is 4.12.